The predicted octanol–water partition coefficient (Wildman–Crippen LogP) is 0.893. The lowest BCUT2D eigenvalue weighted by molar-refractivity contribution is -0.145. The molecule has 1 unspecified atom stereocenters. The first-order valence-electron chi connectivity index (χ1n) is 5.01. The van der Waals surface area contributed by atoms with Gasteiger partial charge < -0.3 is 20.8 Å². The molecule has 0 radical (unpaired) electrons. The molecule has 8 nitrogen and oxygen atoms in total. The molecule has 1 rings (SSSR count). The molecule has 1 aromatic rings. The number of halogens is 1. The summed E-state index contributed by atoms with van der Waals surface area (Å²) in [5.41, 5.74) is 0.339. The molecule has 0 saturated carbocycles. The highest BCUT2D eigenvalue weighted by atomic mass is 79.9. The average Bonchev–Trinajstić information content (AvgIpc) is 2.27. The molecule has 0 fully saturated rings. The molecule has 102 valence electrons. The molecule has 2 amide bonds. The maximum atomic E-state index is 11.5. The van der Waals surface area contributed by atoms with Crippen LogP contribution in [0.25, 0.3) is 0 Å². The van der Waals surface area contributed by atoms with E-state index in [0.29, 0.717) is 10.2 Å². The number of aromatic nitrogens is 1. The van der Waals surface area contributed by atoms with Gasteiger partial charge in [0.05, 0.1) is 18.3 Å². The van der Waals surface area contributed by atoms with Crippen LogP contribution in [0.1, 0.15) is 6.42 Å². The fourth-order valence-corrected chi connectivity index (χ4v) is 1.55. The molecule has 1 atom stereocenters. The van der Waals surface area contributed by atoms with Crippen molar-refractivity contribution < 1.29 is 24.6 Å². The fourth-order valence-electron chi connectivity index (χ4n) is 1.18. The van der Waals surface area contributed by atoms with Crippen LogP contribution in [0.15, 0.2) is 22.9 Å². The van der Waals surface area contributed by atoms with Crippen LogP contribution in [-0.2, 0) is 9.59 Å². The number of rotatable bonds is 5. The zero-order chi connectivity index (χ0) is 14.4. The minimum absolute atomic E-state index is 0.339. The van der Waals surface area contributed by atoms with Gasteiger partial charge in [-0.05, 0) is 22.0 Å². The normalized spacial score (nSPS) is 11.4. The van der Waals surface area contributed by atoms with Gasteiger partial charge in [-0.15, -0.1) is 0 Å². The highest BCUT2D eigenvalue weighted by molar-refractivity contribution is 9.10. The number of nitrogens with one attached hydrogen (secondary N) is 2. The van der Waals surface area contributed by atoms with E-state index in [-0.39, 0.29) is 0 Å². The van der Waals surface area contributed by atoms with Crippen LogP contribution in [0.4, 0.5) is 10.5 Å². The molecule has 0 bridgehead atoms. The topological polar surface area (TPSA) is 129 Å². The second-order valence-corrected chi connectivity index (χ2v) is 4.39. The first-order chi connectivity index (χ1) is 8.88. The number of hydrogen-bond donors (Lipinski definition) is 4. The summed E-state index contributed by atoms with van der Waals surface area (Å²) in [6.45, 7) is 0. The van der Waals surface area contributed by atoms with E-state index in [4.69, 9.17) is 10.2 Å². The Morgan fingerprint density at radius 1 is 1.32 bits per heavy atom. The Bertz CT molecular complexity index is 508. The summed E-state index contributed by atoms with van der Waals surface area (Å²) < 4.78 is 0.630. The van der Waals surface area contributed by atoms with Gasteiger partial charge in [-0.3, -0.25) is 9.78 Å². The SMILES string of the molecule is O=C(O)CC(NC(=O)Nc1cncc(Br)c1)C(=O)O. The molecule has 0 aliphatic rings. The lowest BCUT2D eigenvalue weighted by atomic mass is 10.2. The molecule has 4 N–H and O–H groups in total. The largest absolute Gasteiger partial charge is 0.481 e. The second-order valence-electron chi connectivity index (χ2n) is 3.48. The summed E-state index contributed by atoms with van der Waals surface area (Å²) in [4.78, 5) is 36.5. The van der Waals surface area contributed by atoms with Gasteiger partial charge in [0, 0.05) is 10.7 Å². The van der Waals surface area contributed by atoms with Crippen LogP contribution in [0.2, 0.25) is 0 Å². The van der Waals surface area contributed by atoms with Crippen LogP contribution in [-0.4, -0.2) is 39.2 Å². The number of carbonyl (C=O) groups is 3. The van der Waals surface area contributed by atoms with Gasteiger partial charge in [0.15, 0.2) is 0 Å². The third-order valence-electron chi connectivity index (χ3n) is 1.94. The number of nitrogens with zero attached hydrogens (tertiary/aromatic N) is 1. The number of urea groups is 1. The summed E-state index contributed by atoms with van der Waals surface area (Å²) in [6, 6.07) is -0.773. The van der Waals surface area contributed by atoms with Crippen LogP contribution in [0, 0.1) is 0 Å². The summed E-state index contributed by atoms with van der Waals surface area (Å²) in [5.74, 6) is -2.75. The Kier molecular flexibility index (Phi) is 5.24. The quantitative estimate of drug-likeness (QED) is 0.634. The number of pyridine rings is 1. The van der Waals surface area contributed by atoms with Crippen molar-refractivity contribution in [3.63, 3.8) is 0 Å². The fraction of sp³-hybridized carbons (Fsp3) is 0.200. The van der Waals surface area contributed by atoms with Crippen molar-refractivity contribution in [1.82, 2.24) is 10.3 Å². The maximum absolute atomic E-state index is 11.5. The molecule has 0 aliphatic heterocycles. The molecule has 9 heteroatoms. The van der Waals surface area contributed by atoms with Crippen molar-refractivity contribution in [1.29, 1.82) is 0 Å². The first-order valence-corrected chi connectivity index (χ1v) is 5.80. The minimum atomic E-state index is -1.50. The van der Waals surface area contributed by atoms with Gasteiger partial charge in [-0.2, -0.15) is 0 Å². The Balaban J connectivity index is 2.62. The molecule has 1 heterocycles. The van der Waals surface area contributed by atoms with Gasteiger partial charge >= 0.3 is 18.0 Å². The lowest BCUT2D eigenvalue weighted by Gasteiger charge is -2.13. The van der Waals surface area contributed by atoms with Crippen molar-refractivity contribution >= 4 is 39.6 Å². The number of aliphatic carboxylic acids is 2. The average molecular weight is 332 g/mol. The van der Waals surface area contributed by atoms with Crippen molar-refractivity contribution in [2.45, 2.75) is 12.5 Å². The van der Waals surface area contributed by atoms with Gasteiger partial charge in [0.1, 0.15) is 6.04 Å². The van der Waals surface area contributed by atoms with Crippen LogP contribution in [0.5, 0.6) is 0 Å². The number of anilines is 1. The molecular formula is C10H10BrN3O5. The third kappa shape index (κ3) is 5.34. The van der Waals surface area contributed by atoms with Gasteiger partial charge in [0.2, 0.25) is 0 Å². The Morgan fingerprint density at radius 2 is 2.00 bits per heavy atom. The van der Waals surface area contributed by atoms with Crippen LogP contribution >= 0.6 is 15.9 Å². The van der Waals surface area contributed by atoms with Crippen molar-refractivity contribution in [2.24, 2.45) is 0 Å². The molecule has 1 aromatic heterocycles. The van der Waals surface area contributed by atoms with Gasteiger partial charge in [-0.25, -0.2) is 9.59 Å². The van der Waals surface area contributed by atoms with E-state index in [1.807, 2.05) is 5.32 Å². The van der Waals surface area contributed by atoms with E-state index in [0.717, 1.165) is 0 Å². The zero-order valence-electron chi connectivity index (χ0n) is 9.46. The molecule has 0 saturated heterocycles. The smallest absolute Gasteiger partial charge is 0.326 e. The van der Waals surface area contributed by atoms with Crippen LogP contribution in [0.3, 0.4) is 0 Å². The number of carboxylic acids is 2. The Labute approximate surface area is 116 Å². The Hall–Kier alpha value is -2.16. The Morgan fingerprint density at radius 3 is 2.53 bits per heavy atom. The second kappa shape index (κ2) is 6.69. The molecule has 0 spiro atoms. The lowest BCUT2D eigenvalue weighted by Crippen LogP contribution is -2.44. The minimum Gasteiger partial charge on any atom is -0.481 e. The highest BCUT2D eigenvalue weighted by Gasteiger charge is 2.22. The van der Waals surface area contributed by atoms with Crippen molar-refractivity contribution in [3.05, 3.63) is 22.9 Å². The first kappa shape index (κ1) is 14.9. The molecule has 0 aliphatic carbocycles. The highest BCUT2D eigenvalue weighted by Crippen LogP contribution is 2.13. The number of carbonyl (C=O) groups excluding carboxylic acids is 1. The molecule has 19 heavy (non-hydrogen) atoms. The van der Waals surface area contributed by atoms with Gasteiger partial charge in [-0.1, -0.05) is 0 Å². The summed E-state index contributed by atoms with van der Waals surface area (Å²) in [7, 11) is 0. The number of hydrogen-bond acceptors (Lipinski definition) is 4. The van der Waals surface area contributed by atoms with E-state index < -0.39 is 30.4 Å². The summed E-state index contributed by atoms with van der Waals surface area (Å²) in [5, 5.41) is 21.7. The summed E-state index contributed by atoms with van der Waals surface area (Å²) in [6.07, 6.45) is 2.16. The molecular weight excluding hydrogens is 322 g/mol. The van der Waals surface area contributed by atoms with E-state index in [9.17, 15) is 14.4 Å². The van der Waals surface area contributed by atoms with E-state index in [1.165, 1.54) is 12.4 Å². The molecule has 0 aromatic carbocycles. The van der Waals surface area contributed by atoms with E-state index in [1.54, 1.807) is 6.07 Å². The van der Waals surface area contributed by atoms with Gasteiger partial charge in [0.25, 0.3) is 0 Å². The van der Waals surface area contributed by atoms with E-state index >= 15 is 0 Å². The maximum Gasteiger partial charge on any atom is 0.326 e. The number of amides is 2. The standard InChI is InChI=1S/C10H10BrN3O5/c11-5-1-6(4-12-3-5)13-10(19)14-7(9(17)18)2-8(15)16/h1,3-4,7H,2H2,(H,15,16)(H,17,18)(H2,13,14,19). The monoisotopic (exact) mass is 331 g/mol. The van der Waals surface area contributed by atoms with Crippen molar-refractivity contribution in [3.8, 4) is 0 Å². The van der Waals surface area contributed by atoms with Crippen molar-refractivity contribution in [2.75, 3.05) is 5.32 Å². The zero-order valence-corrected chi connectivity index (χ0v) is 11.0. The summed E-state index contributed by atoms with van der Waals surface area (Å²) >= 11 is 3.15. The van der Waals surface area contributed by atoms with Crippen LogP contribution < -0.4 is 10.6 Å². The third-order valence-corrected chi connectivity index (χ3v) is 2.38. The number of carboxylic acid groups (broad SMARTS) is 2. The van der Waals surface area contributed by atoms with E-state index in [2.05, 4.69) is 26.2 Å². The predicted molar refractivity (Wildman–Crippen MR) is 67.8 cm³/mol.